The van der Waals surface area contributed by atoms with Gasteiger partial charge in [0.2, 0.25) is 11.8 Å². The number of carbonyl (C=O) groups excluding carboxylic acids is 2. The lowest BCUT2D eigenvalue weighted by molar-refractivity contribution is -0.155. The molecule has 3 heterocycles. The normalized spacial score (nSPS) is 24.2. The molecule has 2 aliphatic rings. The topological polar surface area (TPSA) is 58.4 Å². The van der Waals surface area contributed by atoms with Gasteiger partial charge in [0.25, 0.3) is 0 Å². The van der Waals surface area contributed by atoms with Crippen LogP contribution in [0.3, 0.4) is 0 Å². The molecule has 3 rings (SSSR count). The summed E-state index contributed by atoms with van der Waals surface area (Å²) in [5.41, 5.74) is 0.491. The van der Waals surface area contributed by atoms with Crippen molar-refractivity contribution in [1.29, 1.82) is 0 Å². The number of hydrogen-bond acceptors (Lipinski definition) is 3. The van der Waals surface area contributed by atoms with Gasteiger partial charge in [-0.05, 0) is 45.1 Å². The summed E-state index contributed by atoms with van der Waals surface area (Å²) in [7, 11) is 0. The molecule has 0 aromatic carbocycles. The second kappa shape index (κ2) is 6.95. The number of carbonyl (C=O) groups is 2. The average Bonchev–Trinajstić information content (AvgIpc) is 3.17. The highest BCUT2D eigenvalue weighted by molar-refractivity contribution is 5.92. The van der Waals surface area contributed by atoms with Crippen LogP contribution in [0.5, 0.6) is 0 Å². The van der Waals surface area contributed by atoms with E-state index in [-0.39, 0.29) is 11.8 Å². The quantitative estimate of drug-likeness (QED) is 0.828. The van der Waals surface area contributed by atoms with E-state index in [2.05, 4.69) is 12.0 Å². The Morgan fingerprint density at radius 3 is 2.67 bits per heavy atom. The van der Waals surface area contributed by atoms with E-state index in [9.17, 15) is 9.59 Å². The molecule has 2 amide bonds. The van der Waals surface area contributed by atoms with Gasteiger partial charge in [-0.1, -0.05) is 6.92 Å². The fourth-order valence-corrected chi connectivity index (χ4v) is 4.24. The maximum Gasteiger partial charge on any atom is 0.248 e. The molecule has 2 fully saturated rings. The zero-order chi connectivity index (χ0) is 17.2. The third-order valence-corrected chi connectivity index (χ3v) is 5.45. The van der Waals surface area contributed by atoms with Crippen LogP contribution in [0.2, 0.25) is 0 Å². The zero-order valence-corrected chi connectivity index (χ0v) is 14.8. The van der Waals surface area contributed by atoms with Gasteiger partial charge in [-0.15, -0.1) is 0 Å². The van der Waals surface area contributed by atoms with Crippen LogP contribution < -0.4 is 0 Å². The molecular weight excluding hydrogens is 304 g/mol. The van der Waals surface area contributed by atoms with Crippen LogP contribution in [-0.2, 0) is 16.1 Å². The first-order chi connectivity index (χ1) is 11.6. The van der Waals surface area contributed by atoms with Crippen molar-refractivity contribution >= 4 is 11.8 Å². The zero-order valence-electron chi connectivity index (χ0n) is 14.8. The molecule has 132 valence electrons. The van der Waals surface area contributed by atoms with E-state index >= 15 is 0 Å². The van der Waals surface area contributed by atoms with Gasteiger partial charge in [0.05, 0.1) is 0 Å². The third kappa shape index (κ3) is 2.94. The SMILES string of the molecule is CCCN1CCCC2(CCCN2C(=O)CCn2nccc2C)C1=O. The fraction of sp³-hybridized carbons (Fsp3) is 0.722. The minimum Gasteiger partial charge on any atom is -0.341 e. The van der Waals surface area contributed by atoms with Crippen molar-refractivity contribution in [2.24, 2.45) is 0 Å². The number of nitrogens with zero attached hydrogens (tertiary/aromatic N) is 4. The maximum absolute atomic E-state index is 13.1. The summed E-state index contributed by atoms with van der Waals surface area (Å²) in [5.74, 6) is 0.269. The van der Waals surface area contributed by atoms with Crippen LogP contribution in [0, 0.1) is 6.92 Å². The molecule has 0 N–H and O–H groups in total. The highest BCUT2D eigenvalue weighted by atomic mass is 16.2. The van der Waals surface area contributed by atoms with Crippen molar-refractivity contribution in [2.45, 2.75) is 64.5 Å². The summed E-state index contributed by atoms with van der Waals surface area (Å²) in [6.45, 7) is 7.01. The summed E-state index contributed by atoms with van der Waals surface area (Å²) in [5, 5.41) is 4.24. The molecule has 6 nitrogen and oxygen atoms in total. The van der Waals surface area contributed by atoms with Gasteiger partial charge >= 0.3 is 0 Å². The Kier molecular flexibility index (Phi) is 4.92. The van der Waals surface area contributed by atoms with Gasteiger partial charge in [-0.25, -0.2) is 0 Å². The number of rotatable bonds is 5. The molecular formula is C18H28N4O2. The van der Waals surface area contributed by atoms with Crippen LogP contribution in [0.4, 0.5) is 0 Å². The number of piperidine rings is 1. The van der Waals surface area contributed by atoms with Crippen molar-refractivity contribution < 1.29 is 9.59 Å². The molecule has 0 radical (unpaired) electrons. The van der Waals surface area contributed by atoms with E-state index in [0.717, 1.165) is 50.9 Å². The van der Waals surface area contributed by atoms with Gasteiger partial charge in [-0.2, -0.15) is 5.10 Å². The van der Waals surface area contributed by atoms with Gasteiger partial charge in [-0.3, -0.25) is 14.3 Å². The summed E-state index contributed by atoms with van der Waals surface area (Å²) in [6, 6.07) is 1.94. The van der Waals surface area contributed by atoms with Crippen LogP contribution >= 0.6 is 0 Å². The Morgan fingerprint density at radius 2 is 2.00 bits per heavy atom. The van der Waals surface area contributed by atoms with E-state index in [1.165, 1.54) is 0 Å². The monoisotopic (exact) mass is 332 g/mol. The number of aryl methyl sites for hydroxylation is 2. The Balaban J connectivity index is 1.71. The van der Waals surface area contributed by atoms with Crippen LogP contribution in [0.15, 0.2) is 12.3 Å². The first-order valence-electron chi connectivity index (χ1n) is 9.17. The molecule has 24 heavy (non-hydrogen) atoms. The lowest BCUT2D eigenvalue weighted by atomic mass is 9.85. The highest BCUT2D eigenvalue weighted by Crippen LogP contribution is 2.38. The Morgan fingerprint density at radius 1 is 1.25 bits per heavy atom. The minimum absolute atomic E-state index is 0.0918. The lowest BCUT2D eigenvalue weighted by Crippen LogP contribution is -2.61. The number of aromatic nitrogens is 2. The van der Waals surface area contributed by atoms with Gasteiger partial charge in [0.1, 0.15) is 5.54 Å². The Hall–Kier alpha value is -1.85. The highest BCUT2D eigenvalue weighted by Gasteiger charge is 2.52. The summed E-state index contributed by atoms with van der Waals surface area (Å²) >= 11 is 0. The molecule has 6 heteroatoms. The maximum atomic E-state index is 13.1. The summed E-state index contributed by atoms with van der Waals surface area (Å²) in [4.78, 5) is 29.8. The van der Waals surface area contributed by atoms with Crippen LogP contribution in [0.25, 0.3) is 0 Å². The molecule has 1 aromatic heterocycles. The van der Waals surface area contributed by atoms with Crippen molar-refractivity contribution in [3.8, 4) is 0 Å². The van der Waals surface area contributed by atoms with E-state index in [4.69, 9.17) is 0 Å². The average molecular weight is 332 g/mol. The van der Waals surface area contributed by atoms with E-state index in [0.29, 0.717) is 19.5 Å². The molecule has 0 bridgehead atoms. The van der Waals surface area contributed by atoms with Crippen molar-refractivity contribution in [3.05, 3.63) is 18.0 Å². The van der Waals surface area contributed by atoms with E-state index in [1.54, 1.807) is 6.20 Å². The summed E-state index contributed by atoms with van der Waals surface area (Å²) < 4.78 is 1.85. The smallest absolute Gasteiger partial charge is 0.248 e. The lowest BCUT2D eigenvalue weighted by Gasteiger charge is -2.44. The molecule has 2 saturated heterocycles. The fourth-order valence-electron chi connectivity index (χ4n) is 4.24. The summed E-state index contributed by atoms with van der Waals surface area (Å²) in [6.07, 6.45) is 6.69. The van der Waals surface area contributed by atoms with Crippen LogP contribution in [0.1, 0.15) is 51.1 Å². The van der Waals surface area contributed by atoms with Gasteiger partial charge in [0, 0.05) is 44.5 Å². The van der Waals surface area contributed by atoms with Gasteiger partial charge in [0.15, 0.2) is 0 Å². The number of amides is 2. The first kappa shape index (κ1) is 17.0. The van der Waals surface area contributed by atoms with Gasteiger partial charge < -0.3 is 9.80 Å². The number of likely N-dealkylation sites (tertiary alicyclic amines) is 2. The number of hydrogen-bond donors (Lipinski definition) is 0. The minimum atomic E-state index is -0.566. The van der Waals surface area contributed by atoms with E-state index in [1.807, 2.05) is 27.5 Å². The third-order valence-electron chi connectivity index (χ3n) is 5.45. The Bertz CT molecular complexity index is 610. The molecule has 1 spiro atoms. The second-order valence-electron chi connectivity index (χ2n) is 7.02. The molecule has 0 aliphatic carbocycles. The largest absolute Gasteiger partial charge is 0.341 e. The predicted octanol–water partition coefficient (Wildman–Crippen LogP) is 1.98. The van der Waals surface area contributed by atoms with Crippen molar-refractivity contribution in [2.75, 3.05) is 19.6 Å². The standard InChI is InChI=1S/C18H28N4O2/c1-3-11-20-12-4-8-18(17(20)24)9-5-13-21(18)16(23)7-14-22-15(2)6-10-19-22/h6,10H,3-5,7-9,11-14H2,1-2H3. The first-order valence-corrected chi connectivity index (χ1v) is 9.17. The van der Waals surface area contributed by atoms with Crippen molar-refractivity contribution in [1.82, 2.24) is 19.6 Å². The molecule has 0 saturated carbocycles. The second-order valence-corrected chi connectivity index (χ2v) is 7.02. The Labute approximate surface area is 143 Å². The molecule has 1 atom stereocenters. The molecule has 2 aliphatic heterocycles. The van der Waals surface area contributed by atoms with E-state index < -0.39 is 5.54 Å². The molecule has 1 unspecified atom stereocenters. The van der Waals surface area contributed by atoms with Crippen molar-refractivity contribution in [3.63, 3.8) is 0 Å². The molecule has 1 aromatic rings. The van der Waals surface area contributed by atoms with Crippen LogP contribution in [-0.4, -0.2) is 56.6 Å². The predicted molar refractivity (Wildman–Crippen MR) is 91.4 cm³/mol.